The predicted octanol–water partition coefficient (Wildman–Crippen LogP) is 7.10. The largest absolute Gasteiger partial charge is 0.489 e. The van der Waals surface area contributed by atoms with Crippen LogP contribution in [0.1, 0.15) is 29.0 Å². The van der Waals surface area contributed by atoms with Gasteiger partial charge in [-0.15, -0.1) is 0 Å². The Morgan fingerprint density at radius 3 is 2.56 bits per heavy atom. The molecule has 2 aliphatic heterocycles. The van der Waals surface area contributed by atoms with E-state index in [9.17, 15) is 10.1 Å². The molecule has 3 aromatic rings. The maximum Gasteiger partial charge on any atom is 0.229 e. The SMILES string of the molecule is Cc1c(Cl)cccc1N1CSC2=C(C#N)[C@@H](c3ccc(OCc4ccccc4Cl)cc3)CC(=O)N2C1. The Balaban J connectivity index is 1.34. The van der Waals surface area contributed by atoms with E-state index in [4.69, 9.17) is 27.9 Å². The van der Waals surface area contributed by atoms with Crippen LogP contribution >= 0.6 is 35.0 Å². The van der Waals surface area contributed by atoms with Crippen molar-refractivity contribution in [2.75, 3.05) is 17.4 Å². The van der Waals surface area contributed by atoms with Gasteiger partial charge in [-0.1, -0.05) is 71.4 Å². The minimum atomic E-state index is -0.279. The van der Waals surface area contributed by atoms with E-state index in [1.165, 1.54) is 11.8 Å². The summed E-state index contributed by atoms with van der Waals surface area (Å²) >= 11 is 14.1. The Labute approximate surface area is 224 Å². The van der Waals surface area contributed by atoms with Gasteiger partial charge in [0.1, 0.15) is 12.4 Å². The second-order valence-electron chi connectivity index (χ2n) is 8.70. The normalized spacial score (nSPS) is 17.6. The molecule has 2 aliphatic rings. The van der Waals surface area contributed by atoms with Crippen LogP contribution in [0.2, 0.25) is 10.0 Å². The summed E-state index contributed by atoms with van der Waals surface area (Å²) in [5.41, 5.74) is 4.44. The summed E-state index contributed by atoms with van der Waals surface area (Å²) in [6.07, 6.45) is 0.245. The Bertz CT molecular complexity index is 1380. The molecule has 0 spiro atoms. The van der Waals surface area contributed by atoms with Crippen LogP contribution in [0.5, 0.6) is 5.75 Å². The molecule has 1 fully saturated rings. The molecule has 1 saturated heterocycles. The van der Waals surface area contributed by atoms with Gasteiger partial charge in [-0.2, -0.15) is 5.26 Å². The molecule has 2 heterocycles. The fourth-order valence-corrected chi connectivity index (χ4v) is 6.03. The highest BCUT2D eigenvalue weighted by Gasteiger charge is 2.38. The van der Waals surface area contributed by atoms with Crippen LogP contribution in [0.4, 0.5) is 5.69 Å². The Hall–Kier alpha value is -3.11. The van der Waals surface area contributed by atoms with Crippen molar-refractivity contribution in [3.05, 3.63) is 104 Å². The molecule has 0 aliphatic carbocycles. The van der Waals surface area contributed by atoms with Crippen molar-refractivity contribution in [1.29, 1.82) is 5.26 Å². The van der Waals surface area contributed by atoms with Crippen molar-refractivity contribution < 1.29 is 9.53 Å². The van der Waals surface area contributed by atoms with Crippen LogP contribution in [-0.2, 0) is 11.4 Å². The number of rotatable bonds is 5. The van der Waals surface area contributed by atoms with Crippen LogP contribution < -0.4 is 9.64 Å². The number of anilines is 1. The lowest BCUT2D eigenvalue weighted by Crippen LogP contribution is -2.47. The van der Waals surface area contributed by atoms with Gasteiger partial charge in [0.15, 0.2) is 0 Å². The second-order valence-corrected chi connectivity index (χ2v) is 10.4. The van der Waals surface area contributed by atoms with Gasteiger partial charge in [0, 0.05) is 33.6 Å². The van der Waals surface area contributed by atoms with E-state index in [1.807, 2.05) is 73.7 Å². The van der Waals surface area contributed by atoms with Gasteiger partial charge in [0.05, 0.1) is 29.2 Å². The zero-order valence-corrected chi connectivity index (χ0v) is 21.9. The smallest absolute Gasteiger partial charge is 0.229 e. The number of benzene rings is 3. The molecule has 0 radical (unpaired) electrons. The molecule has 182 valence electrons. The lowest BCUT2D eigenvalue weighted by Gasteiger charge is -2.42. The molecule has 0 unspecified atom stereocenters. The fourth-order valence-electron chi connectivity index (χ4n) is 4.51. The molecule has 5 rings (SSSR count). The van der Waals surface area contributed by atoms with E-state index in [2.05, 4.69) is 11.0 Å². The van der Waals surface area contributed by atoms with Crippen molar-refractivity contribution in [3.8, 4) is 11.8 Å². The first kappa shape index (κ1) is 24.6. The number of carbonyl (C=O) groups excluding carboxylic acids is 1. The average molecular weight is 536 g/mol. The number of allylic oxidation sites excluding steroid dienone is 1. The third-order valence-corrected chi connectivity index (χ3v) is 8.44. The number of thioether (sulfide) groups is 1. The summed E-state index contributed by atoms with van der Waals surface area (Å²) < 4.78 is 5.89. The number of ether oxygens (including phenoxy) is 1. The number of fused-ring (bicyclic) bond motifs is 1. The summed E-state index contributed by atoms with van der Waals surface area (Å²) in [7, 11) is 0. The van der Waals surface area contributed by atoms with E-state index >= 15 is 0 Å². The molecule has 0 aromatic heterocycles. The summed E-state index contributed by atoms with van der Waals surface area (Å²) in [6.45, 7) is 2.74. The third-order valence-electron chi connectivity index (χ3n) is 6.51. The molecule has 36 heavy (non-hydrogen) atoms. The quantitative estimate of drug-likeness (QED) is 0.348. The van der Waals surface area contributed by atoms with Gasteiger partial charge in [-0.05, 0) is 48.4 Å². The zero-order valence-electron chi connectivity index (χ0n) is 19.6. The molecule has 1 amide bonds. The predicted molar refractivity (Wildman–Crippen MR) is 145 cm³/mol. The number of carbonyl (C=O) groups is 1. The zero-order chi connectivity index (χ0) is 25.2. The number of hydrogen-bond acceptors (Lipinski definition) is 5. The maximum atomic E-state index is 13.2. The monoisotopic (exact) mass is 535 g/mol. The van der Waals surface area contributed by atoms with Crippen LogP contribution in [0.15, 0.2) is 77.3 Å². The van der Waals surface area contributed by atoms with Crippen molar-refractivity contribution in [2.24, 2.45) is 0 Å². The fraction of sp³-hybridized carbons (Fsp3) is 0.214. The Kier molecular flexibility index (Phi) is 7.15. The Morgan fingerprint density at radius 2 is 1.81 bits per heavy atom. The maximum absolute atomic E-state index is 13.2. The van der Waals surface area contributed by atoms with Crippen molar-refractivity contribution in [1.82, 2.24) is 4.90 Å². The molecule has 0 N–H and O–H groups in total. The molecule has 0 bridgehead atoms. The van der Waals surface area contributed by atoms with E-state index < -0.39 is 0 Å². The van der Waals surface area contributed by atoms with Gasteiger partial charge in [-0.3, -0.25) is 9.69 Å². The van der Waals surface area contributed by atoms with E-state index in [1.54, 1.807) is 4.90 Å². The van der Waals surface area contributed by atoms with E-state index in [0.717, 1.165) is 27.4 Å². The van der Waals surface area contributed by atoms with Crippen molar-refractivity contribution >= 4 is 46.6 Å². The topological polar surface area (TPSA) is 56.6 Å². The minimum absolute atomic E-state index is 0.00456. The number of amides is 1. The average Bonchev–Trinajstić information content (AvgIpc) is 2.90. The molecular weight excluding hydrogens is 513 g/mol. The molecule has 0 saturated carbocycles. The highest BCUT2D eigenvalue weighted by molar-refractivity contribution is 8.03. The van der Waals surface area contributed by atoms with Gasteiger partial charge in [0.25, 0.3) is 0 Å². The van der Waals surface area contributed by atoms with Crippen molar-refractivity contribution in [3.63, 3.8) is 0 Å². The number of nitrogens with zero attached hydrogens (tertiary/aromatic N) is 3. The summed E-state index contributed by atoms with van der Waals surface area (Å²) in [5, 5.41) is 12.2. The molecule has 8 heteroatoms. The summed E-state index contributed by atoms with van der Waals surface area (Å²) in [4.78, 5) is 17.1. The standard InChI is InChI=1S/C28H23Cl2N3O2S/c1-18-24(29)7-4-8-26(18)32-16-33-27(34)13-22(23(14-31)28(33)36-17-32)19-9-11-21(12-10-19)35-15-20-5-2-3-6-25(20)30/h2-12,22H,13,15-17H2,1H3/t22-/m1/s1. The highest BCUT2D eigenvalue weighted by Crippen LogP contribution is 2.44. The molecule has 1 atom stereocenters. The van der Waals surface area contributed by atoms with Crippen LogP contribution in [0.25, 0.3) is 0 Å². The lowest BCUT2D eigenvalue weighted by molar-refractivity contribution is -0.129. The molecule has 3 aromatic carbocycles. The van der Waals surface area contributed by atoms with Gasteiger partial charge < -0.3 is 9.64 Å². The first-order chi connectivity index (χ1) is 17.5. The van der Waals surface area contributed by atoms with Gasteiger partial charge >= 0.3 is 0 Å². The van der Waals surface area contributed by atoms with Crippen molar-refractivity contribution in [2.45, 2.75) is 25.9 Å². The van der Waals surface area contributed by atoms with E-state index in [0.29, 0.717) is 40.5 Å². The van der Waals surface area contributed by atoms with Crippen LogP contribution in [0, 0.1) is 18.3 Å². The Morgan fingerprint density at radius 1 is 1.06 bits per heavy atom. The minimum Gasteiger partial charge on any atom is -0.489 e. The van der Waals surface area contributed by atoms with E-state index in [-0.39, 0.29) is 18.2 Å². The number of halogens is 2. The highest BCUT2D eigenvalue weighted by atomic mass is 35.5. The van der Waals surface area contributed by atoms with Gasteiger partial charge in [0.2, 0.25) is 5.91 Å². The molecular formula is C28H23Cl2N3O2S. The van der Waals surface area contributed by atoms with Crippen LogP contribution in [0.3, 0.4) is 0 Å². The number of hydrogen-bond donors (Lipinski definition) is 0. The summed E-state index contributed by atoms with van der Waals surface area (Å²) in [5.74, 6) is 1.06. The van der Waals surface area contributed by atoms with Gasteiger partial charge in [-0.25, -0.2) is 0 Å². The van der Waals surface area contributed by atoms with Crippen LogP contribution in [-0.4, -0.2) is 23.4 Å². The summed E-state index contributed by atoms with van der Waals surface area (Å²) in [6, 6.07) is 23.4. The second kappa shape index (κ2) is 10.5. The molecule has 5 nitrogen and oxygen atoms in total. The first-order valence-electron chi connectivity index (χ1n) is 11.5. The third kappa shape index (κ3) is 4.79. The lowest BCUT2D eigenvalue weighted by atomic mass is 9.86. The first-order valence-corrected chi connectivity index (χ1v) is 13.2. The number of nitriles is 1.